The van der Waals surface area contributed by atoms with Crippen LogP contribution in [-0.2, 0) is 10.2 Å². The highest BCUT2D eigenvalue weighted by molar-refractivity contribution is 7.99. The molecule has 1 amide bonds. The molecule has 0 aliphatic rings. The fourth-order valence-corrected chi connectivity index (χ4v) is 4.43. The molecule has 4 aromatic rings. The average Bonchev–Trinajstić information content (AvgIpc) is 3.36. The van der Waals surface area contributed by atoms with Crippen LogP contribution in [0, 0.1) is 0 Å². The molecule has 0 aliphatic heterocycles. The van der Waals surface area contributed by atoms with Crippen LogP contribution in [0.25, 0.3) is 17.1 Å². The van der Waals surface area contributed by atoms with Gasteiger partial charge in [0.25, 0.3) is 5.91 Å². The number of amides is 1. The van der Waals surface area contributed by atoms with Gasteiger partial charge in [-0.2, -0.15) is 5.10 Å². The van der Waals surface area contributed by atoms with Gasteiger partial charge in [-0.25, -0.2) is 10.2 Å². The van der Waals surface area contributed by atoms with E-state index in [1.54, 1.807) is 19.2 Å². The van der Waals surface area contributed by atoms with E-state index in [1.807, 2.05) is 41.0 Å². The smallest absolute Gasteiger partial charge is 0.335 e. The molecule has 1 heterocycles. The highest BCUT2D eigenvalue weighted by Gasteiger charge is 2.19. The minimum atomic E-state index is -1.00. The maximum absolute atomic E-state index is 12.5. The lowest BCUT2D eigenvalue weighted by atomic mass is 9.87. The second-order valence-electron chi connectivity index (χ2n) is 9.68. The van der Waals surface area contributed by atoms with Gasteiger partial charge in [0, 0.05) is 11.3 Å². The Bertz CT molecular complexity index is 1470. The number of hydrogen-bond acceptors (Lipinski definition) is 7. The van der Waals surface area contributed by atoms with Gasteiger partial charge in [-0.1, -0.05) is 68.9 Å². The van der Waals surface area contributed by atoms with E-state index in [2.05, 4.69) is 53.6 Å². The van der Waals surface area contributed by atoms with E-state index in [4.69, 9.17) is 9.84 Å². The zero-order valence-corrected chi connectivity index (χ0v) is 22.9. The predicted octanol–water partition coefficient (Wildman–Crippen LogP) is 5.18. The molecule has 0 saturated heterocycles. The lowest BCUT2D eigenvalue weighted by Crippen LogP contribution is -2.20. The highest BCUT2D eigenvalue weighted by atomic mass is 32.2. The number of hydrazone groups is 1. The van der Waals surface area contributed by atoms with E-state index in [9.17, 15) is 9.59 Å². The molecular formula is C29H29N5O4S. The summed E-state index contributed by atoms with van der Waals surface area (Å²) in [7, 11) is 1.61. The van der Waals surface area contributed by atoms with Gasteiger partial charge in [0.15, 0.2) is 11.0 Å². The summed E-state index contributed by atoms with van der Waals surface area (Å²) in [5.74, 6) is 0.125. The van der Waals surface area contributed by atoms with Crippen LogP contribution in [0.4, 0.5) is 0 Å². The number of carboxylic acid groups (broad SMARTS) is 1. The van der Waals surface area contributed by atoms with Crippen molar-refractivity contribution in [2.75, 3.05) is 12.9 Å². The van der Waals surface area contributed by atoms with Crippen LogP contribution in [-0.4, -0.2) is 50.8 Å². The zero-order chi connectivity index (χ0) is 28.0. The predicted molar refractivity (Wildman–Crippen MR) is 152 cm³/mol. The Morgan fingerprint density at radius 1 is 1.00 bits per heavy atom. The van der Waals surface area contributed by atoms with Crippen molar-refractivity contribution < 1.29 is 19.4 Å². The molecule has 3 aromatic carbocycles. The van der Waals surface area contributed by atoms with Crippen molar-refractivity contribution in [3.05, 3.63) is 89.5 Å². The second kappa shape index (κ2) is 12.0. The Morgan fingerprint density at radius 2 is 1.67 bits per heavy atom. The maximum atomic E-state index is 12.5. The topological polar surface area (TPSA) is 119 Å². The third-order valence-electron chi connectivity index (χ3n) is 5.87. The number of ether oxygens (including phenoxy) is 1. The van der Waals surface area contributed by atoms with Gasteiger partial charge < -0.3 is 9.84 Å². The van der Waals surface area contributed by atoms with Gasteiger partial charge in [-0.05, 0) is 52.9 Å². The normalized spacial score (nSPS) is 11.5. The first-order chi connectivity index (χ1) is 18.7. The Kier molecular flexibility index (Phi) is 8.46. The minimum Gasteiger partial charge on any atom is -0.497 e. The molecule has 9 nitrogen and oxygen atoms in total. The first kappa shape index (κ1) is 27.6. The Hall–Kier alpha value is -4.44. The third kappa shape index (κ3) is 6.91. The first-order valence-corrected chi connectivity index (χ1v) is 13.1. The second-order valence-corrected chi connectivity index (χ2v) is 10.6. The number of methoxy groups -OCH3 is 1. The number of carboxylic acids is 1. The number of thioether (sulfide) groups is 1. The molecule has 200 valence electrons. The van der Waals surface area contributed by atoms with Crippen molar-refractivity contribution in [1.82, 2.24) is 20.2 Å². The summed E-state index contributed by atoms with van der Waals surface area (Å²) >= 11 is 1.24. The number of rotatable bonds is 9. The number of benzene rings is 3. The van der Waals surface area contributed by atoms with Crippen molar-refractivity contribution >= 4 is 29.9 Å². The SMILES string of the molecule is COc1ccc(-n2c(SCC(=O)NN=Cc3ccc(C(=O)O)cc3)nnc2-c2ccc(C(C)(C)C)cc2)cc1. The molecule has 0 atom stereocenters. The summed E-state index contributed by atoms with van der Waals surface area (Å²) in [5.41, 5.74) is 6.31. The Labute approximate surface area is 230 Å². The van der Waals surface area contributed by atoms with Crippen LogP contribution >= 0.6 is 11.8 Å². The first-order valence-electron chi connectivity index (χ1n) is 12.1. The third-order valence-corrected chi connectivity index (χ3v) is 6.79. The van der Waals surface area contributed by atoms with E-state index in [0.717, 1.165) is 17.0 Å². The quantitative estimate of drug-likeness (QED) is 0.170. The van der Waals surface area contributed by atoms with E-state index in [0.29, 0.717) is 16.5 Å². The van der Waals surface area contributed by atoms with Crippen molar-refractivity contribution in [2.24, 2.45) is 5.10 Å². The van der Waals surface area contributed by atoms with Crippen LogP contribution in [0.5, 0.6) is 5.75 Å². The van der Waals surface area contributed by atoms with Gasteiger partial charge >= 0.3 is 5.97 Å². The number of nitrogens with zero attached hydrogens (tertiary/aromatic N) is 4. The van der Waals surface area contributed by atoms with E-state index < -0.39 is 5.97 Å². The van der Waals surface area contributed by atoms with Crippen molar-refractivity contribution in [3.8, 4) is 22.8 Å². The largest absolute Gasteiger partial charge is 0.497 e. The van der Waals surface area contributed by atoms with E-state index >= 15 is 0 Å². The molecule has 1 aromatic heterocycles. The lowest BCUT2D eigenvalue weighted by Gasteiger charge is -2.19. The molecule has 2 N–H and O–H groups in total. The summed E-state index contributed by atoms with van der Waals surface area (Å²) in [4.78, 5) is 23.5. The molecule has 0 fully saturated rings. The number of aromatic carboxylic acids is 1. The molecule has 10 heteroatoms. The minimum absolute atomic E-state index is 0.0287. The average molecular weight is 544 g/mol. The monoisotopic (exact) mass is 543 g/mol. The Balaban J connectivity index is 1.51. The number of nitrogens with one attached hydrogen (secondary N) is 1. The summed E-state index contributed by atoms with van der Waals surface area (Å²) in [6.45, 7) is 6.50. The number of aromatic nitrogens is 3. The number of carbonyl (C=O) groups is 2. The Morgan fingerprint density at radius 3 is 2.26 bits per heavy atom. The van der Waals surface area contributed by atoms with E-state index in [1.165, 1.54) is 35.7 Å². The van der Waals surface area contributed by atoms with Gasteiger partial charge in [-0.15, -0.1) is 10.2 Å². The van der Waals surface area contributed by atoms with Crippen molar-refractivity contribution in [2.45, 2.75) is 31.3 Å². The van der Waals surface area contributed by atoms with Gasteiger partial charge in [0.05, 0.1) is 24.6 Å². The molecule has 39 heavy (non-hydrogen) atoms. The molecule has 0 saturated carbocycles. The molecular weight excluding hydrogens is 514 g/mol. The number of hydrogen-bond donors (Lipinski definition) is 2. The highest BCUT2D eigenvalue weighted by Crippen LogP contribution is 2.30. The van der Waals surface area contributed by atoms with Crippen LogP contribution in [0.15, 0.2) is 83.1 Å². The molecule has 0 unspecified atom stereocenters. The summed E-state index contributed by atoms with van der Waals surface area (Å²) < 4.78 is 7.22. The lowest BCUT2D eigenvalue weighted by molar-refractivity contribution is -0.118. The maximum Gasteiger partial charge on any atom is 0.335 e. The van der Waals surface area contributed by atoms with Crippen molar-refractivity contribution in [1.29, 1.82) is 0 Å². The molecule has 0 aliphatic carbocycles. The summed E-state index contributed by atoms with van der Waals surface area (Å²) in [5, 5.41) is 22.3. The van der Waals surface area contributed by atoms with Gasteiger partial charge in [-0.3, -0.25) is 9.36 Å². The molecule has 0 spiro atoms. The van der Waals surface area contributed by atoms with Crippen LogP contribution in [0.1, 0.15) is 42.3 Å². The van der Waals surface area contributed by atoms with Crippen LogP contribution in [0.2, 0.25) is 0 Å². The fraction of sp³-hybridized carbons (Fsp3) is 0.207. The summed E-state index contributed by atoms with van der Waals surface area (Å²) in [6.07, 6.45) is 1.45. The zero-order valence-electron chi connectivity index (χ0n) is 22.1. The van der Waals surface area contributed by atoms with Crippen molar-refractivity contribution in [3.63, 3.8) is 0 Å². The van der Waals surface area contributed by atoms with Crippen LogP contribution < -0.4 is 10.2 Å². The van der Waals surface area contributed by atoms with Gasteiger partial charge in [0.1, 0.15) is 5.75 Å². The van der Waals surface area contributed by atoms with E-state index in [-0.39, 0.29) is 22.6 Å². The van der Waals surface area contributed by atoms with Gasteiger partial charge in [0.2, 0.25) is 0 Å². The fourth-order valence-electron chi connectivity index (χ4n) is 3.69. The molecule has 0 bridgehead atoms. The summed E-state index contributed by atoms with van der Waals surface area (Å²) in [6, 6.07) is 22.0. The standard InChI is InChI=1S/C29H29N5O4S/c1-29(2,3)22-11-9-20(10-12-22)26-32-33-28(34(26)23-13-15-24(38-4)16-14-23)39-18-25(35)31-30-17-19-5-7-21(8-6-19)27(36)37/h5-17H,18H2,1-4H3,(H,31,35)(H,36,37). The molecule has 4 rings (SSSR count). The van der Waals surface area contributed by atoms with Crippen LogP contribution in [0.3, 0.4) is 0 Å². The number of carbonyl (C=O) groups excluding carboxylic acids is 1. The molecule has 0 radical (unpaired) electrons.